The van der Waals surface area contributed by atoms with Gasteiger partial charge in [-0.05, 0) is 36.0 Å². The Bertz CT molecular complexity index is 563. The Morgan fingerprint density at radius 3 is 2.88 bits per heavy atom. The van der Waals surface area contributed by atoms with Gasteiger partial charge in [0.2, 0.25) is 0 Å². The summed E-state index contributed by atoms with van der Waals surface area (Å²) in [4.78, 5) is 19.1. The van der Waals surface area contributed by atoms with Crippen molar-refractivity contribution < 1.29 is 14.3 Å². The molecule has 0 spiro atoms. The van der Waals surface area contributed by atoms with Crippen molar-refractivity contribution in [3.05, 3.63) is 48.0 Å². The van der Waals surface area contributed by atoms with Gasteiger partial charge in [0.15, 0.2) is 10.9 Å². The molecule has 0 aliphatic heterocycles. The summed E-state index contributed by atoms with van der Waals surface area (Å²) in [5.74, 6) is -1.47. The lowest BCUT2D eigenvalue weighted by atomic mass is 10.4. The summed E-state index contributed by atoms with van der Waals surface area (Å²) in [5, 5.41) is 9.03. The molecule has 0 aliphatic rings. The average molecular weight is 250 g/mol. The molecule has 4 nitrogen and oxygen atoms in total. The molecule has 1 aromatic heterocycles. The van der Waals surface area contributed by atoms with Gasteiger partial charge in [-0.25, -0.2) is 19.2 Å². The minimum Gasteiger partial charge on any atom is -0.477 e. The van der Waals surface area contributed by atoms with Crippen molar-refractivity contribution in [3.8, 4) is 0 Å². The SMILES string of the molecule is O=C(O)c1ccnc(Sc2cccc(F)c2)n1. The van der Waals surface area contributed by atoms with Crippen molar-refractivity contribution in [2.24, 2.45) is 0 Å². The highest BCUT2D eigenvalue weighted by Gasteiger charge is 2.07. The van der Waals surface area contributed by atoms with Crippen LogP contribution in [0.25, 0.3) is 0 Å². The van der Waals surface area contributed by atoms with Crippen molar-refractivity contribution in [2.75, 3.05) is 0 Å². The molecule has 2 aromatic rings. The topological polar surface area (TPSA) is 63.1 Å². The lowest BCUT2D eigenvalue weighted by Crippen LogP contribution is -2.01. The molecule has 0 fully saturated rings. The summed E-state index contributed by atoms with van der Waals surface area (Å²) in [6.45, 7) is 0. The molecule has 0 unspecified atom stereocenters. The number of benzene rings is 1. The van der Waals surface area contributed by atoms with Crippen LogP contribution in [0.2, 0.25) is 0 Å². The van der Waals surface area contributed by atoms with Crippen LogP contribution in [0.1, 0.15) is 10.5 Å². The van der Waals surface area contributed by atoms with Crippen LogP contribution in [-0.2, 0) is 0 Å². The number of nitrogens with zero attached hydrogens (tertiary/aromatic N) is 2. The molecular formula is C11H7FN2O2S. The number of carboxylic acids is 1. The van der Waals surface area contributed by atoms with E-state index in [1.165, 1.54) is 24.4 Å². The fourth-order valence-corrected chi connectivity index (χ4v) is 1.93. The second kappa shape index (κ2) is 4.92. The van der Waals surface area contributed by atoms with Gasteiger partial charge in [0.25, 0.3) is 0 Å². The van der Waals surface area contributed by atoms with Crippen molar-refractivity contribution in [3.63, 3.8) is 0 Å². The smallest absolute Gasteiger partial charge is 0.354 e. The maximum Gasteiger partial charge on any atom is 0.354 e. The van der Waals surface area contributed by atoms with E-state index in [9.17, 15) is 9.18 Å². The zero-order valence-corrected chi connectivity index (χ0v) is 9.32. The van der Waals surface area contributed by atoms with Crippen LogP contribution >= 0.6 is 11.8 Å². The zero-order valence-electron chi connectivity index (χ0n) is 8.50. The van der Waals surface area contributed by atoms with E-state index in [1.54, 1.807) is 12.1 Å². The molecule has 0 radical (unpaired) electrons. The number of aromatic carboxylic acids is 1. The van der Waals surface area contributed by atoms with E-state index in [1.807, 2.05) is 0 Å². The lowest BCUT2D eigenvalue weighted by Gasteiger charge is -2.00. The van der Waals surface area contributed by atoms with E-state index >= 15 is 0 Å². The first-order chi connectivity index (χ1) is 8.15. The number of halogens is 1. The van der Waals surface area contributed by atoms with Gasteiger partial charge in [-0.2, -0.15) is 0 Å². The molecule has 1 aromatic carbocycles. The minimum absolute atomic E-state index is 0.0843. The zero-order chi connectivity index (χ0) is 12.3. The molecule has 1 N–H and O–H groups in total. The predicted molar refractivity (Wildman–Crippen MR) is 59.5 cm³/mol. The van der Waals surface area contributed by atoms with Gasteiger partial charge in [-0.15, -0.1) is 0 Å². The van der Waals surface area contributed by atoms with E-state index in [-0.39, 0.29) is 16.7 Å². The first-order valence-electron chi connectivity index (χ1n) is 4.65. The number of rotatable bonds is 3. The molecule has 1 heterocycles. The number of carbonyl (C=O) groups is 1. The minimum atomic E-state index is -1.12. The fraction of sp³-hybridized carbons (Fsp3) is 0. The molecule has 17 heavy (non-hydrogen) atoms. The van der Waals surface area contributed by atoms with Crippen LogP contribution in [0.4, 0.5) is 4.39 Å². The van der Waals surface area contributed by atoms with Gasteiger partial charge in [0.1, 0.15) is 5.82 Å². The highest BCUT2D eigenvalue weighted by Crippen LogP contribution is 2.24. The summed E-state index contributed by atoms with van der Waals surface area (Å²) >= 11 is 1.11. The highest BCUT2D eigenvalue weighted by atomic mass is 32.2. The van der Waals surface area contributed by atoms with Gasteiger partial charge in [0, 0.05) is 11.1 Å². The summed E-state index contributed by atoms with van der Waals surface area (Å²) < 4.78 is 12.9. The second-order valence-electron chi connectivity index (χ2n) is 3.09. The van der Waals surface area contributed by atoms with Gasteiger partial charge >= 0.3 is 5.97 Å². The monoisotopic (exact) mass is 250 g/mol. The Hall–Kier alpha value is -1.95. The number of carboxylic acid groups (broad SMARTS) is 1. The van der Waals surface area contributed by atoms with Crippen LogP contribution in [-0.4, -0.2) is 21.0 Å². The molecule has 0 saturated carbocycles. The largest absolute Gasteiger partial charge is 0.477 e. The fourth-order valence-electron chi connectivity index (χ4n) is 1.14. The second-order valence-corrected chi connectivity index (χ2v) is 4.13. The number of hydrogen-bond donors (Lipinski definition) is 1. The molecule has 0 aliphatic carbocycles. The summed E-state index contributed by atoms with van der Waals surface area (Å²) in [6, 6.07) is 7.24. The van der Waals surface area contributed by atoms with E-state index in [2.05, 4.69) is 9.97 Å². The molecule has 0 amide bonds. The van der Waals surface area contributed by atoms with E-state index in [0.29, 0.717) is 4.90 Å². The van der Waals surface area contributed by atoms with E-state index < -0.39 is 5.97 Å². The number of hydrogen-bond acceptors (Lipinski definition) is 4. The normalized spacial score (nSPS) is 10.2. The maximum atomic E-state index is 12.9. The van der Waals surface area contributed by atoms with Crippen molar-refractivity contribution in [1.29, 1.82) is 0 Å². The molecule has 6 heteroatoms. The molecular weight excluding hydrogens is 243 g/mol. The van der Waals surface area contributed by atoms with Gasteiger partial charge in [0.05, 0.1) is 0 Å². The molecule has 0 saturated heterocycles. The average Bonchev–Trinajstić information content (AvgIpc) is 2.29. The van der Waals surface area contributed by atoms with Crippen LogP contribution in [0.5, 0.6) is 0 Å². The third kappa shape index (κ3) is 3.01. The standard InChI is InChI=1S/C11H7FN2O2S/c12-7-2-1-3-8(6-7)17-11-13-5-4-9(14-11)10(15)16/h1-6H,(H,15,16). The number of aromatic nitrogens is 2. The van der Waals surface area contributed by atoms with Crippen LogP contribution in [0.15, 0.2) is 46.6 Å². The Morgan fingerprint density at radius 2 is 2.18 bits per heavy atom. The van der Waals surface area contributed by atoms with Crippen LogP contribution in [0, 0.1) is 5.82 Å². The first kappa shape index (κ1) is 11.5. The first-order valence-corrected chi connectivity index (χ1v) is 5.46. The van der Waals surface area contributed by atoms with Gasteiger partial charge in [-0.1, -0.05) is 6.07 Å². The van der Waals surface area contributed by atoms with Crippen LogP contribution < -0.4 is 0 Å². The van der Waals surface area contributed by atoms with E-state index in [4.69, 9.17) is 5.11 Å². The summed E-state index contributed by atoms with van der Waals surface area (Å²) in [7, 11) is 0. The molecule has 2 rings (SSSR count). The maximum absolute atomic E-state index is 12.9. The Balaban J connectivity index is 2.24. The van der Waals surface area contributed by atoms with Crippen LogP contribution in [0.3, 0.4) is 0 Å². The molecule has 86 valence electrons. The predicted octanol–water partition coefficient (Wildman–Crippen LogP) is 2.47. The lowest BCUT2D eigenvalue weighted by molar-refractivity contribution is 0.0689. The van der Waals surface area contributed by atoms with Gasteiger partial charge < -0.3 is 5.11 Å². The Morgan fingerprint density at radius 1 is 1.35 bits per heavy atom. The highest BCUT2D eigenvalue weighted by molar-refractivity contribution is 7.99. The quantitative estimate of drug-likeness (QED) is 0.848. The van der Waals surface area contributed by atoms with Crippen molar-refractivity contribution in [2.45, 2.75) is 10.1 Å². The Labute approximate surface area is 101 Å². The summed E-state index contributed by atoms with van der Waals surface area (Å²) in [5.41, 5.74) is -0.0843. The third-order valence-electron chi connectivity index (χ3n) is 1.86. The van der Waals surface area contributed by atoms with Crippen molar-refractivity contribution >= 4 is 17.7 Å². The summed E-state index contributed by atoms with van der Waals surface area (Å²) in [6.07, 6.45) is 1.36. The molecule has 0 atom stereocenters. The Kier molecular flexibility index (Phi) is 3.34. The van der Waals surface area contributed by atoms with Crippen molar-refractivity contribution in [1.82, 2.24) is 9.97 Å². The third-order valence-corrected chi connectivity index (χ3v) is 2.73. The molecule has 0 bridgehead atoms. The van der Waals surface area contributed by atoms with E-state index in [0.717, 1.165) is 11.8 Å². The van der Waals surface area contributed by atoms with Gasteiger partial charge in [-0.3, -0.25) is 0 Å².